The Morgan fingerprint density at radius 1 is 0.483 bits per heavy atom. The molecule has 1 aromatic heterocycles. The molecule has 0 aliphatic heterocycles. The van der Waals surface area contributed by atoms with Crippen molar-refractivity contribution in [3.8, 4) is 33.4 Å². The Morgan fingerprint density at radius 3 is 1.55 bits per heavy atom. The molecule has 0 fully saturated rings. The summed E-state index contributed by atoms with van der Waals surface area (Å²) >= 11 is 0. The van der Waals surface area contributed by atoms with Crippen LogP contribution in [0.15, 0.2) is 109 Å². The molecule has 5 rings (SSSR count). The third-order valence-corrected chi connectivity index (χ3v) is 5.23. The lowest BCUT2D eigenvalue weighted by Gasteiger charge is -2.08. The Hall–Kier alpha value is -3.78. The van der Waals surface area contributed by atoms with E-state index in [0.29, 0.717) is 0 Å². The van der Waals surface area contributed by atoms with E-state index in [4.69, 9.17) is 0 Å². The van der Waals surface area contributed by atoms with Crippen molar-refractivity contribution in [3.63, 3.8) is 0 Å². The van der Waals surface area contributed by atoms with Crippen molar-refractivity contribution < 1.29 is 4.39 Å². The zero-order chi connectivity index (χ0) is 19.6. The fourth-order valence-corrected chi connectivity index (χ4v) is 3.64. The van der Waals surface area contributed by atoms with Gasteiger partial charge in [0.15, 0.2) is 0 Å². The Balaban J connectivity index is 1.51. The highest BCUT2D eigenvalue weighted by molar-refractivity contribution is 5.91. The number of fused-ring (bicyclic) bond motifs is 1. The maximum Gasteiger partial charge on any atom is 0.123 e. The fraction of sp³-hybridized carbons (Fsp3) is 0. The third kappa shape index (κ3) is 3.53. The molecule has 2 heteroatoms. The zero-order valence-electron chi connectivity index (χ0n) is 15.7. The van der Waals surface area contributed by atoms with Crippen molar-refractivity contribution in [1.29, 1.82) is 0 Å². The first kappa shape index (κ1) is 17.3. The van der Waals surface area contributed by atoms with Crippen LogP contribution in [0.25, 0.3) is 44.2 Å². The number of benzene rings is 4. The summed E-state index contributed by atoms with van der Waals surface area (Å²) in [5.41, 5.74) is 6.71. The normalized spacial score (nSPS) is 10.9. The minimum atomic E-state index is -0.216. The molecule has 0 radical (unpaired) electrons. The quantitative estimate of drug-likeness (QED) is 0.321. The number of nitrogens with zero attached hydrogens (tertiary/aromatic N) is 1. The smallest absolute Gasteiger partial charge is 0.123 e. The van der Waals surface area contributed by atoms with E-state index in [0.717, 1.165) is 22.3 Å². The molecule has 0 bridgehead atoms. The van der Waals surface area contributed by atoms with Gasteiger partial charge in [0, 0.05) is 12.4 Å². The second kappa shape index (κ2) is 7.33. The van der Waals surface area contributed by atoms with Crippen molar-refractivity contribution in [1.82, 2.24) is 4.98 Å². The van der Waals surface area contributed by atoms with Crippen LogP contribution in [0.1, 0.15) is 0 Å². The molecule has 1 heterocycles. The average Bonchev–Trinajstić information content (AvgIpc) is 2.79. The first-order valence-electron chi connectivity index (χ1n) is 9.57. The van der Waals surface area contributed by atoms with Crippen LogP contribution in [0.4, 0.5) is 4.39 Å². The van der Waals surface area contributed by atoms with E-state index in [-0.39, 0.29) is 5.82 Å². The van der Waals surface area contributed by atoms with Gasteiger partial charge in [-0.25, -0.2) is 4.39 Å². The van der Waals surface area contributed by atoms with Gasteiger partial charge in [0.1, 0.15) is 5.82 Å². The molecule has 0 saturated carbocycles. The topological polar surface area (TPSA) is 12.9 Å². The monoisotopic (exact) mass is 375 g/mol. The van der Waals surface area contributed by atoms with Crippen molar-refractivity contribution in [2.75, 3.05) is 0 Å². The lowest BCUT2D eigenvalue weighted by Crippen LogP contribution is -1.83. The van der Waals surface area contributed by atoms with Crippen LogP contribution >= 0.6 is 0 Å². The van der Waals surface area contributed by atoms with Crippen LogP contribution in [0.3, 0.4) is 0 Å². The highest BCUT2D eigenvalue weighted by Gasteiger charge is 2.04. The molecular weight excluding hydrogens is 357 g/mol. The van der Waals surface area contributed by atoms with E-state index in [1.807, 2.05) is 24.4 Å². The van der Waals surface area contributed by atoms with E-state index in [1.54, 1.807) is 6.20 Å². The van der Waals surface area contributed by atoms with Crippen LogP contribution in [0.5, 0.6) is 0 Å². The predicted molar refractivity (Wildman–Crippen MR) is 118 cm³/mol. The average molecular weight is 375 g/mol. The van der Waals surface area contributed by atoms with Gasteiger partial charge in [-0.05, 0) is 74.5 Å². The molecule has 138 valence electrons. The minimum Gasteiger partial charge on any atom is -0.264 e. The molecule has 0 spiro atoms. The van der Waals surface area contributed by atoms with Crippen LogP contribution in [-0.2, 0) is 0 Å². The van der Waals surface area contributed by atoms with Crippen molar-refractivity contribution in [2.24, 2.45) is 0 Å². The summed E-state index contributed by atoms with van der Waals surface area (Å²) in [6.07, 6.45) is 3.66. The lowest BCUT2D eigenvalue weighted by atomic mass is 9.96. The molecular formula is C27H18FN. The predicted octanol–water partition coefficient (Wildman–Crippen LogP) is 7.37. The lowest BCUT2D eigenvalue weighted by molar-refractivity contribution is 0.628. The summed E-state index contributed by atoms with van der Waals surface area (Å²) in [4.78, 5) is 4.19. The van der Waals surface area contributed by atoms with Gasteiger partial charge >= 0.3 is 0 Å². The number of pyridine rings is 1. The van der Waals surface area contributed by atoms with Gasteiger partial charge in [0.2, 0.25) is 0 Å². The minimum absolute atomic E-state index is 0.216. The molecule has 0 amide bonds. The number of rotatable bonds is 3. The van der Waals surface area contributed by atoms with Crippen LogP contribution < -0.4 is 0 Å². The van der Waals surface area contributed by atoms with Crippen LogP contribution in [0, 0.1) is 5.82 Å². The Kier molecular flexibility index (Phi) is 4.38. The first-order valence-corrected chi connectivity index (χ1v) is 9.57. The van der Waals surface area contributed by atoms with Gasteiger partial charge < -0.3 is 0 Å². The number of aromatic nitrogens is 1. The van der Waals surface area contributed by atoms with Crippen molar-refractivity contribution >= 4 is 10.8 Å². The Bertz CT molecular complexity index is 1270. The summed E-state index contributed by atoms with van der Waals surface area (Å²) in [7, 11) is 0. The third-order valence-electron chi connectivity index (χ3n) is 5.23. The van der Waals surface area contributed by atoms with Crippen molar-refractivity contribution in [3.05, 3.63) is 115 Å². The van der Waals surface area contributed by atoms with E-state index in [9.17, 15) is 4.39 Å². The summed E-state index contributed by atoms with van der Waals surface area (Å²) in [5, 5.41) is 2.35. The van der Waals surface area contributed by atoms with E-state index in [1.165, 1.54) is 34.0 Å². The number of halogens is 1. The molecule has 0 unspecified atom stereocenters. The molecule has 0 aliphatic rings. The fourth-order valence-electron chi connectivity index (χ4n) is 3.64. The molecule has 1 nitrogen and oxygen atoms in total. The molecule has 29 heavy (non-hydrogen) atoms. The summed E-state index contributed by atoms with van der Waals surface area (Å²) in [5.74, 6) is -0.216. The summed E-state index contributed by atoms with van der Waals surface area (Å²) in [6, 6.07) is 32.1. The van der Waals surface area contributed by atoms with Crippen LogP contribution in [-0.4, -0.2) is 4.98 Å². The van der Waals surface area contributed by atoms with Crippen LogP contribution in [0.2, 0.25) is 0 Å². The van der Waals surface area contributed by atoms with Gasteiger partial charge in [-0.15, -0.1) is 0 Å². The van der Waals surface area contributed by atoms with Gasteiger partial charge in [0.05, 0.1) is 0 Å². The second-order valence-corrected chi connectivity index (χ2v) is 7.10. The molecule has 0 N–H and O–H groups in total. The molecule has 5 aromatic rings. The maximum absolute atomic E-state index is 13.2. The maximum atomic E-state index is 13.2. The molecule has 0 aliphatic carbocycles. The Labute approximate surface area is 169 Å². The first-order chi connectivity index (χ1) is 14.3. The molecule has 0 atom stereocenters. The highest BCUT2D eigenvalue weighted by Crippen LogP contribution is 2.30. The summed E-state index contributed by atoms with van der Waals surface area (Å²) < 4.78 is 13.2. The standard InChI is InChI=1S/C27H18FN/c28-27-13-11-20(12-14-27)24-10-8-22-7-9-23(16-26(22)17-24)19-3-5-21(6-4-19)25-2-1-15-29-18-25/h1-18H. The van der Waals surface area contributed by atoms with Crippen molar-refractivity contribution in [2.45, 2.75) is 0 Å². The van der Waals surface area contributed by atoms with Gasteiger partial charge in [0.25, 0.3) is 0 Å². The summed E-state index contributed by atoms with van der Waals surface area (Å²) in [6.45, 7) is 0. The van der Waals surface area contributed by atoms with E-state index < -0.39 is 0 Å². The number of hydrogen-bond donors (Lipinski definition) is 0. The molecule has 4 aromatic carbocycles. The largest absolute Gasteiger partial charge is 0.264 e. The second-order valence-electron chi connectivity index (χ2n) is 7.10. The van der Waals surface area contributed by atoms with Gasteiger partial charge in [-0.3, -0.25) is 4.98 Å². The van der Waals surface area contributed by atoms with E-state index >= 15 is 0 Å². The highest BCUT2D eigenvalue weighted by atomic mass is 19.1. The van der Waals surface area contributed by atoms with Gasteiger partial charge in [-0.2, -0.15) is 0 Å². The zero-order valence-corrected chi connectivity index (χ0v) is 15.7. The molecule has 0 saturated heterocycles. The number of hydrogen-bond acceptors (Lipinski definition) is 1. The Morgan fingerprint density at radius 2 is 1.00 bits per heavy atom. The SMILES string of the molecule is Fc1ccc(-c2ccc3ccc(-c4ccc(-c5cccnc5)cc4)cc3c2)cc1. The van der Waals surface area contributed by atoms with E-state index in [2.05, 4.69) is 71.7 Å². The van der Waals surface area contributed by atoms with Gasteiger partial charge in [-0.1, -0.05) is 66.7 Å².